The molecule has 1 aromatic carbocycles. The molecular weight excluding hydrogens is 218 g/mol. The Hall–Kier alpha value is -1.42. The van der Waals surface area contributed by atoms with Crippen molar-refractivity contribution in [1.29, 1.82) is 0 Å². The predicted molar refractivity (Wildman–Crippen MR) is 71.3 cm³/mol. The van der Waals surface area contributed by atoms with E-state index in [0.29, 0.717) is 6.61 Å². The maximum Gasteiger partial charge on any atom is 0.124 e. The largest absolute Gasteiger partial charge is 0.497 e. The average molecular weight is 241 g/mol. The van der Waals surface area contributed by atoms with Crippen molar-refractivity contribution in [3.63, 3.8) is 0 Å². The number of ether oxygens (including phenoxy) is 3. The molecule has 17 heavy (non-hydrogen) atoms. The van der Waals surface area contributed by atoms with Gasteiger partial charge in [-0.15, -0.1) is 0 Å². The number of benzene rings is 1. The van der Waals surface area contributed by atoms with Gasteiger partial charge in [-0.05, 0) is 0 Å². The van der Waals surface area contributed by atoms with Crippen molar-refractivity contribution >= 4 is 5.69 Å². The van der Waals surface area contributed by atoms with E-state index in [4.69, 9.17) is 14.2 Å². The highest BCUT2D eigenvalue weighted by atomic mass is 16.5. The van der Waals surface area contributed by atoms with Crippen molar-refractivity contribution in [2.75, 3.05) is 39.8 Å². The minimum Gasteiger partial charge on any atom is -0.497 e. The molecule has 0 amide bonds. The van der Waals surface area contributed by atoms with E-state index in [1.807, 2.05) is 32.0 Å². The fraction of sp³-hybridized carbons (Fsp3) is 0.538. The zero-order chi connectivity index (χ0) is 13.1. The number of anilines is 1. The first-order valence-electron chi connectivity index (χ1n) is 5.76. The van der Waals surface area contributed by atoms with Crippen molar-refractivity contribution in [3.8, 4) is 11.5 Å². The lowest BCUT2D eigenvalue weighted by atomic mass is 10.2. The minimum absolute atomic E-state index is 0.666. The number of hydrogen-bond donors (Lipinski definition) is 1. The molecule has 98 valence electrons. The fourth-order valence-corrected chi connectivity index (χ4v) is 1.21. The van der Waals surface area contributed by atoms with Gasteiger partial charge in [0.1, 0.15) is 11.5 Å². The second-order valence-corrected chi connectivity index (χ2v) is 3.02. The monoisotopic (exact) mass is 241 g/mol. The molecule has 0 heterocycles. The second kappa shape index (κ2) is 9.78. The standard InChI is InChI=1S/C11H17NO3.C2H6/c1-13-5-4-12-9-6-10(14-2)8-11(7-9)15-3;1-2/h6-8,12H,4-5H2,1-3H3;1-2H3. The van der Waals surface area contributed by atoms with E-state index < -0.39 is 0 Å². The Labute approximate surface area is 104 Å². The van der Waals surface area contributed by atoms with Crippen molar-refractivity contribution < 1.29 is 14.2 Å². The highest BCUT2D eigenvalue weighted by Crippen LogP contribution is 2.25. The molecule has 0 saturated carbocycles. The van der Waals surface area contributed by atoms with Crippen LogP contribution in [0.3, 0.4) is 0 Å². The van der Waals surface area contributed by atoms with E-state index in [-0.39, 0.29) is 0 Å². The SMILES string of the molecule is CC.COCCNc1cc(OC)cc(OC)c1. The normalized spacial score (nSPS) is 9.00. The Balaban J connectivity index is 0.00000121. The van der Waals surface area contributed by atoms with Crippen LogP contribution in [0.4, 0.5) is 5.69 Å². The minimum atomic E-state index is 0.666. The lowest BCUT2D eigenvalue weighted by molar-refractivity contribution is 0.211. The summed E-state index contributed by atoms with van der Waals surface area (Å²) in [6, 6.07) is 5.66. The summed E-state index contributed by atoms with van der Waals surface area (Å²) >= 11 is 0. The van der Waals surface area contributed by atoms with Gasteiger partial charge in [0.2, 0.25) is 0 Å². The molecule has 0 radical (unpaired) electrons. The topological polar surface area (TPSA) is 39.7 Å². The van der Waals surface area contributed by atoms with Gasteiger partial charge in [-0.3, -0.25) is 0 Å². The van der Waals surface area contributed by atoms with E-state index >= 15 is 0 Å². The molecule has 1 rings (SSSR count). The van der Waals surface area contributed by atoms with Gasteiger partial charge in [0.15, 0.2) is 0 Å². The quantitative estimate of drug-likeness (QED) is 0.777. The zero-order valence-corrected chi connectivity index (χ0v) is 11.4. The maximum atomic E-state index is 5.15. The predicted octanol–water partition coefficient (Wildman–Crippen LogP) is 2.79. The summed E-state index contributed by atoms with van der Waals surface area (Å²) < 4.78 is 15.3. The van der Waals surface area contributed by atoms with Gasteiger partial charge in [-0.25, -0.2) is 0 Å². The van der Waals surface area contributed by atoms with Crippen molar-refractivity contribution in [2.45, 2.75) is 13.8 Å². The van der Waals surface area contributed by atoms with Gasteiger partial charge in [0.05, 0.1) is 20.8 Å². The summed E-state index contributed by atoms with van der Waals surface area (Å²) in [5, 5.41) is 3.21. The molecule has 1 aromatic rings. The van der Waals surface area contributed by atoms with Gasteiger partial charge in [0, 0.05) is 37.5 Å². The van der Waals surface area contributed by atoms with Crippen LogP contribution in [0.2, 0.25) is 0 Å². The average Bonchev–Trinajstić information content (AvgIpc) is 2.41. The Morgan fingerprint density at radius 3 is 1.88 bits per heavy atom. The molecule has 1 N–H and O–H groups in total. The molecule has 0 aliphatic heterocycles. The van der Waals surface area contributed by atoms with Crippen LogP contribution >= 0.6 is 0 Å². The zero-order valence-electron chi connectivity index (χ0n) is 11.4. The van der Waals surface area contributed by atoms with Crippen LogP contribution in [-0.4, -0.2) is 34.5 Å². The number of nitrogens with one attached hydrogen (secondary N) is 1. The number of hydrogen-bond acceptors (Lipinski definition) is 4. The molecule has 0 fully saturated rings. The number of rotatable bonds is 6. The molecule has 0 bridgehead atoms. The summed E-state index contributed by atoms with van der Waals surface area (Å²) in [5.74, 6) is 1.54. The first kappa shape index (κ1) is 15.6. The van der Waals surface area contributed by atoms with Crippen LogP contribution < -0.4 is 14.8 Å². The molecule has 0 aliphatic carbocycles. The second-order valence-electron chi connectivity index (χ2n) is 3.02. The molecule has 4 heteroatoms. The van der Waals surface area contributed by atoms with Crippen LogP contribution in [0.5, 0.6) is 11.5 Å². The van der Waals surface area contributed by atoms with Crippen LogP contribution in [0.1, 0.15) is 13.8 Å². The Bertz CT molecular complexity index is 280. The molecule has 4 nitrogen and oxygen atoms in total. The lowest BCUT2D eigenvalue weighted by Gasteiger charge is -2.10. The van der Waals surface area contributed by atoms with Crippen LogP contribution in [-0.2, 0) is 4.74 Å². The smallest absolute Gasteiger partial charge is 0.124 e. The van der Waals surface area contributed by atoms with Crippen molar-refractivity contribution in [1.82, 2.24) is 0 Å². The highest BCUT2D eigenvalue weighted by molar-refractivity contribution is 5.53. The van der Waals surface area contributed by atoms with Gasteiger partial charge >= 0.3 is 0 Å². The van der Waals surface area contributed by atoms with Crippen molar-refractivity contribution in [3.05, 3.63) is 18.2 Å². The van der Waals surface area contributed by atoms with E-state index in [2.05, 4.69) is 5.32 Å². The Kier molecular flexibility index (Phi) is 8.96. The first-order valence-corrected chi connectivity index (χ1v) is 5.76. The maximum absolute atomic E-state index is 5.15. The molecule has 0 atom stereocenters. The van der Waals surface area contributed by atoms with E-state index in [9.17, 15) is 0 Å². The summed E-state index contributed by atoms with van der Waals surface area (Å²) in [7, 11) is 4.94. The van der Waals surface area contributed by atoms with E-state index in [0.717, 1.165) is 23.7 Å². The van der Waals surface area contributed by atoms with Gasteiger partial charge in [0.25, 0.3) is 0 Å². The lowest BCUT2D eigenvalue weighted by Crippen LogP contribution is -2.07. The van der Waals surface area contributed by atoms with Gasteiger partial charge in [-0.2, -0.15) is 0 Å². The van der Waals surface area contributed by atoms with E-state index in [1.165, 1.54) is 0 Å². The van der Waals surface area contributed by atoms with Crippen LogP contribution in [0, 0.1) is 0 Å². The first-order chi connectivity index (χ1) is 8.30. The Morgan fingerprint density at radius 1 is 0.941 bits per heavy atom. The molecule has 0 aromatic heterocycles. The summed E-state index contributed by atoms with van der Waals surface area (Å²) in [4.78, 5) is 0. The third-order valence-corrected chi connectivity index (χ3v) is 1.99. The van der Waals surface area contributed by atoms with Crippen LogP contribution in [0.15, 0.2) is 18.2 Å². The summed E-state index contributed by atoms with van der Waals surface area (Å²) in [6.45, 7) is 5.42. The molecule has 0 unspecified atom stereocenters. The molecule has 0 saturated heterocycles. The molecular formula is C13H23NO3. The summed E-state index contributed by atoms with van der Waals surface area (Å²) in [5.41, 5.74) is 0.961. The molecule has 0 spiro atoms. The molecule has 0 aliphatic rings. The van der Waals surface area contributed by atoms with E-state index in [1.54, 1.807) is 21.3 Å². The van der Waals surface area contributed by atoms with Gasteiger partial charge < -0.3 is 19.5 Å². The fourth-order valence-electron chi connectivity index (χ4n) is 1.21. The van der Waals surface area contributed by atoms with Crippen molar-refractivity contribution in [2.24, 2.45) is 0 Å². The third kappa shape index (κ3) is 6.02. The summed E-state index contributed by atoms with van der Waals surface area (Å²) in [6.07, 6.45) is 0. The van der Waals surface area contributed by atoms with Crippen LogP contribution in [0.25, 0.3) is 0 Å². The highest BCUT2D eigenvalue weighted by Gasteiger charge is 2.00. The van der Waals surface area contributed by atoms with Gasteiger partial charge in [-0.1, -0.05) is 13.8 Å². The Morgan fingerprint density at radius 2 is 1.47 bits per heavy atom. The third-order valence-electron chi connectivity index (χ3n) is 1.99. The number of methoxy groups -OCH3 is 3.